The molecule has 20 heavy (non-hydrogen) atoms. The van der Waals surface area contributed by atoms with Gasteiger partial charge in [-0.3, -0.25) is 9.97 Å². The second-order valence-corrected chi connectivity index (χ2v) is 4.60. The van der Waals surface area contributed by atoms with Crippen LogP contribution in [0.2, 0.25) is 0 Å². The van der Waals surface area contributed by atoms with Crippen molar-refractivity contribution in [3.63, 3.8) is 0 Å². The van der Waals surface area contributed by atoms with Gasteiger partial charge < -0.3 is 5.73 Å². The minimum Gasteiger partial charge on any atom is -0.354 e. The maximum atomic E-state index is 4.42. The van der Waals surface area contributed by atoms with Gasteiger partial charge in [-0.1, -0.05) is 12.1 Å². The summed E-state index contributed by atoms with van der Waals surface area (Å²) in [6.45, 7) is 0.751. The highest BCUT2D eigenvalue weighted by molar-refractivity contribution is 5.70. The molecule has 3 nitrogen and oxygen atoms in total. The fourth-order valence-electron chi connectivity index (χ4n) is 2.20. The lowest BCUT2D eigenvalue weighted by atomic mass is 10.0. The lowest BCUT2D eigenvalue weighted by molar-refractivity contribution is -0.386. The standard InChI is InChI=1S/C17H15N3/c18-12-13-9-14(16-5-1-3-7-19-16)11-15(10-13)17-6-2-4-8-20-17/h1-11H,12,18H2/p+1. The largest absolute Gasteiger partial charge is 0.354 e. The van der Waals surface area contributed by atoms with Crippen molar-refractivity contribution in [2.75, 3.05) is 0 Å². The van der Waals surface area contributed by atoms with Crippen LogP contribution < -0.4 is 5.73 Å². The van der Waals surface area contributed by atoms with Gasteiger partial charge in [-0.25, -0.2) is 0 Å². The van der Waals surface area contributed by atoms with Crippen molar-refractivity contribution in [2.24, 2.45) is 0 Å². The summed E-state index contributed by atoms with van der Waals surface area (Å²) < 4.78 is 0. The van der Waals surface area contributed by atoms with E-state index in [1.165, 1.54) is 5.56 Å². The molecule has 98 valence electrons. The molecule has 0 saturated carbocycles. The van der Waals surface area contributed by atoms with Crippen molar-refractivity contribution in [3.8, 4) is 22.5 Å². The van der Waals surface area contributed by atoms with E-state index >= 15 is 0 Å². The van der Waals surface area contributed by atoms with Crippen LogP contribution in [0.5, 0.6) is 0 Å². The number of rotatable bonds is 3. The average Bonchev–Trinajstić information content (AvgIpc) is 2.56. The van der Waals surface area contributed by atoms with E-state index in [1.807, 2.05) is 48.8 Å². The lowest BCUT2D eigenvalue weighted by Crippen LogP contribution is -2.47. The monoisotopic (exact) mass is 262 g/mol. The van der Waals surface area contributed by atoms with Crippen LogP contribution in [-0.4, -0.2) is 9.97 Å². The summed E-state index contributed by atoms with van der Waals surface area (Å²) in [6.07, 6.45) is 3.62. The molecule has 0 radical (unpaired) electrons. The summed E-state index contributed by atoms with van der Waals surface area (Å²) in [6, 6.07) is 18.3. The fraction of sp³-hybridized carbons (Fsp3) is 0.0588. The number of benzene rings is 1. The van der Waals surface area contributed by atoms with Crippen molar-refractivity contribution in [1.82, 2.24) is 9.97 Å². The van der Waals surface area contributed by atoms with Crippen LogP contribution in [0.4, 0.5) is 0 Å². The molecule has 2 aromatic heterocycles. The molecular weight excluding hydrogens is 246 g/mol. The molecule has 1 aromatic carbocycles. The van der Waals surface area contributed by atoms with Gasteiger partial charge in [-0.2, -0.15) is 0 Å². The predicted molar refractivity (Wildman–Crippen MR) is 79.5 cm³/mol. The van der Waals surface area contributed by atoms with Gasteiger partial charge in [0.1, 0.15) is 0 Å². The number of hydrogen-bond acceptors (Lipinski definition) is 2. The SMILES string of the molecule is [NH3+]Cc1cc(-c2ccccn2)cc(-c2ccccn2)c1. The summed E-state index contributed by atoms with van der Waals surface area (Å²) >= 11 is 0. The third kappa shape index (κ3) is 2.58. The Bertz CT molecular complexity index is 636. The molecule has 0 atom stereocenters. The maximum absolute atomic E-state index is 4.42. The molecule has 0 aliphatic rings. The van der Waals surface area contributed by atoms with Crippen LogP contribution in [-0.2, 0) is 6.54 Å². The van der Waals surface area contributed by atoms with Gasteiger partial charge in [0.05, 0.1) is 17.9 Å². The first-order valence-corrected chi connectivity index (χ1v) is 6.63. The first-order valence-electron chi connectivity index (χ1n) is 6.63. The molecule has 0 bridgehead atoms. The van der Waals surface area contributed by atoms with E-state index in [1.54, 1.807) is 0 Å². The van der Waals surface area contributed by atoms with E-state index in [4.69, 9.17) is 0 Å². The Balaban J connectivity index is 2.13. The number of quaternary nitrogens is 1. The number of aromatic nitrogens is 2. The van der Waals surface area contributed by atoms with Gasteiger partial charge in [0.2, 0.25) is 0 Å². The van der Waals surface area contributed by atoms with Crippen molar-refractivity contribution in [3.05, 3.63) is 72.6 Å². The quantitative estimate of drug-likeness (QED) is 0.788. The summed E-state index contributed by atoms with van der Waals surface area (Å²) in [4.78, 5) is 8.84. The van der Waals surface area contributed by atoms with Crippen LogP contribution in [0.1, 0.15) is 5.56 Å². The molecular formula is C17H16N3+. The highest BCUT2D eigenvalue weighted by Crippen LogP contribution is 2.25. The average molecular weight is 262 g/mol. The molecule has 3 heteroatoms. The van der Waals surface area contributed by atoms with Gasteiger partial charge in [0.15, 0.2) is 0 Å². The smallest absolute Gasteiger partial charge is 0.0997 e. The van der Waals surface area contributed by atoms with E-state index in [0.29, 0.717) is 0 Å². The molecule has 3 aromatic rings. The molecule has 0 unspecified atom stereocenters. The predicted octanol–water partition coefficient (Wildman–Crippen LogP) is 2.55. The van der Waals surface area contributed by atoms with Crippen LogP contribution in [0.25, 0.3) is 22.5 Å². The Morgan fingerprint density at radius 1 is 0.750 bits per heavy atom. The van der Waals surface area contributed by atoms with Crippen molar-refractivity contribution in [1.29, 1.82) is 0 Å². The minimum absolute atomic E-state index is 0.751. The van der Waals surface area contributed by atoms with Crippen LogP contribution in [0, 0.1) is 0 Å². The topological polar surface area (TPSA) is 53.4 Å². The van der Waals surface area contributed by atoms with E-state index in [2.05, 4.69) is 33.9 Å². The van der Waals surface area contributed by atoms with Crippen LogP contribution in [0.3, 0.4) is 0 Å². The third-order valence-corrected chi connectivity index (χ3v) is 3.20. The second-order valence-electron chi connectivity index (χ2n) is 4.60. The number of hydrogen-bond donors (Lipinski definition) is 1. The zero-order valence-corrected chi connectivity index (χ0v) is 11.2. The van der Waals surface area contributed by atoms with Crippen LogP contribution in [0.15, 0.2) is 67.0 Å². The molecule has 0 amide bonds. The molecule has 0 spiro atoms. The molecule has 0 saturated heterocycles. The second kappa shape index (κ2) is 5.63. The molecule has 3 N–H and O–H groups in total. The Kier molecular flexibility index (Phi) is 3.52. The maximum Gasteiger partial charge on any atom is 0.0997 e. The summed E-state index contributed by atoms with van der Waals surface area (Å²) in [7, 11) is 0. The molecule has 0 aliphatic heterocycles. The van der Waals surface area contributed by atoms with Gasteiger partial charge in [0, 0.05) is 29.1 Å². The van der Waals surface area contributed by atoms with Gasteiger partial charge in [0.25, 0.3) is 0 Å². The molecule has 0 aliphatic carbocycles. The summed E-state index contributed by atoms with van der Waals surface area (Å²) in [5, 5.41) is 0. The van der Waals surface area contributed by atoms with E-state index < -0.39 is 0 Å². The van der Waals surface area contributed by atoms with E-state index in [9.17, 15) is 0 Å². The molecule has 3 rings (SSSR count). The number of pyridine rings is 2. The zero-order chi connectivity index (χ0) is 13.8. The van der Waals surface area contributed by atoms with E-state index in [-0.39, 0.29) is 0 Å². The van der Waals surface area contributed by atoms with E-state index in [0.717, 1.165) is 29.1 Å². The highest BCUT2D eigenvalue weighted by Gasteiger charge is 2.06. The van der Waals surface area contributed by atoms with Gasteiger partial charge in [-0.05, 0) is 42.5 Å². The Hall–Kier alpha value is -2.52. The molecule has 0 fully saturated rings. The number of nitrogens with zero attached hydrogens (tertiary/aromatic N) is 2. The molecule has 2 heterocycles. The zero-order valence-electron chi connectivity index (χ0n) is 11.2. The van der Waals surface area contributed by atoms with Crippen LogP contribution >= 0.6 is 0 Å². The Morgan fingerprint density at radius 2 is 1.30 bits per heavy atom. The first kappa shape index (κ1) is 12.5. The lowest BCUT2D eigenvalue weighted by Gasteiger charge is -2.07. The normalized spacial score (nSPS) is 10.4. The van der Waals surface area contributed by atoms with Crippen molar-refractivity contribution < 1.29 is 5.73 Å². The summed E-state index contributed by atoms with van der Waals surface area (Å²) in [5.41, 5.74) is 9.33. The van der Waals surface area contributed by atoms with Crippen molar-refractivity contribution >= 4 is 0 Å². The summed E-state index contributed by atoms with van der Waals surface area (Å²) in [5.74, 6) is 0. The van der Waals surface area contributed by atoms with Gasteiger partial charge in [-0.15, -0.1) is 0 Å². The minimum atomic E-state index is 0.751. The van der Waals surface area contributed by atoms with Gasteiger partial charge >= 0.3 is 0 Å². The first-order chi connectivity index (χ1) is 9.86. The highest BCUT2D eigenvalue weighted by atomic mass is 14.7. The third-order valence-electron chi connectivity index (χ3n) is 3.20. The van der Waals surface area contributed by atoms with Crippen molar-refractivity contribution in [2.45, 2.75) is 6.54 Å². The Morgan fingerprint density at radius 3 is 1.70 bits per heavy atom. The Labute approximate surface area is 118 Å². The fourth-order valence-corrected chi connectivity index (χ4v) is 2.20.